The van der Waals surface area contributed by atoms with Crippen LogP contribution in [0.15, 0.2) is 48.5 Å². The summed E-state index contributed by atoms with van der Waals surface area (Å²) in [5.41, 5.74) is 1.70. The topological polar surface area (TPSA) is 67.9 Å². The Hall–Kier alpha value is -3.02. The second kappa shape index (κ2) is 7.70. The molecule has 6 heteroatoms. The number of para-hydroxylation sites is 2. The van der Waals surface area contributed by atoms with E-state index >= 15 is 0 Å². The minimum Gasteiger partial charge on any atom is -0.497 e. The number of anilines is 1. The molecule has 130 valence electrons. The molecule has 25 heavy (non-hydrogen) atoms. The van der Waals surface area contributed by atoms with Crippen molar-refractivity contribution in [3.05, 3.63) is 54.1 Å². The van der Waals surface area contributed by atoms with E-state index in [1.165, 1.54) is 0 Å². The van der Waals surface area contributed by atoms with E-state index in [0.717, 1.165) is 11.3 Å². The summed E-state index contributed by atoms with van der Waals surface area (Å²) in [6.45, 7) is 0.772. The van der Waals surface area contributed by atoms with Crippen molar-refractivity contribution in [1.82, 2.24) is 5.32 Å². The molecule has 2 aromatic rings. The van der Waals surface area contributed by atoms with Crippen LogP contribution in [0.1, 0.15) is 12.0 Å². The zero-order chi connectivity index (χ0) is 17.6. The SMILES string of the molecule is COc1ccc(CNC(=O)CCN2C(=O)COc3ccccc32)cc1. The maximum atomic E-state index is 12.1. The molecular formula is C19H20N2O4. The van der Waals surface area contributed by atoms with Gasteiger partial charge >= 0.3 is 0 Å². The molecule has 0 radical (unpaired) electrons. The molecule has 0 bridgehead atoms. The highest BCUT2D eigenvalue weighted by atomic mass is 16.5. The van der Waals surface area contributed by atoms with Gasteiger partial charge in [0.1, 0.15) is 11.5 Å². The predicted molar refractivity (Wildman–Crippen MR) is 93.7 cm³/mol. The van der Waals surface area contributed by atoms with Crippen LogP contribution in [0, 0.1) is 0 Å². The zero-order valence-corrected chi connectivity index (χ0v) is 14.0. The standard InChI is InChI=1S/C19H20N2O4/c1-24-15-8-6-14(7-9-15)12-20-18(22)10-11-21-16-4-2-3-5-17(16)25-13-19(21)23/h2-9H,10-13H2,1H3,(H,20,22). The number of rotatable bonds is 6. The van der Waals surface area contributed by atoms with E-state index in [1.807, 2.05) is 48.5 Å². The van der Waals surface area contributed by atoms with Gasteiger partial charge in [-0.05, 0) is 29.8 Å². The summed E-state index contributed by atoms with van der Waals surface area (Å²) >= 11 is 0. The summed E-state index contributed by atoms with van der Waals surface area (Å²) in [4.78, 5) is 25.8. The third-order valence-electron chi connectivity index (χ3n) is 4.02. The van der Waals surface area contributed by atoms with Crippen LogP contribution in [0.5, 0.6) is 11.5 Å². The van der Waals surface area contributed by atoms with Gasteiger partial charge in [0, 0.05) is 19.5 Å². The Balaban J connectivity index is 1.52. The number of benzene rings is 2. The van der Waals surface area contributed by atoms with Gasteiger partial charge in [0.15, 0.2) is 6.61 Å². The molecule has 0 aliphatic carbocycles. The molecule has 1 heterocycles. The molecule has 0 saturated heterocycles. The van der Waals surface area contributed by atoms with Crippen LogP contribution in [0.2, 0.25) is 0 Å². The Kier molecular flexibility index (Phi) is 5.18. The van der Waals surface area contributed by atoms with E-state index in [-0.39, 0.29) is 24.8 Å². The highest BCUT2D eigenvalue weighted by Gasteiger charge is 2.25. The average molecular weight is 340 g/mol. The third kappa shape index (κ3) is 4.09. The maximum Gasteiger partial charge on any atom is 0.265 e. The molecule has 0 atom stereocenters. The van der Waals surface area contributed by atoms with Crippen molar-refractivity contribution >= 4 is 17.5 Å². The predicted octanol–water partition coefficient (Wildman–Crippen LogP) is 2.13. The molecule has 2 aromatic carbocycles. The number of carbonyl (C=O) groups excluding carboxylic acids is 2. The van der Waals surface area contributed by atoms with E-state index in [4.69, 9.17) is 9.47 Å². The molecular weight excluding hydrogens is 320 g/mol. The van der Waals surface area contributed by atoms with Crippen LogP contribution in [0.3, 0.4) is 0 Å². The number of hydrogen-bond donors (Lipinski definition) is 1. The van der Waals surface area contributed by atoms with E-state index in [1.54, 1.807) is 12.0 Å². The van der Waals surface area contributed by atoms with Crippen LogP contribution < -0.4 is 19.7 Å². The van der Waals surface area contributed by atoms with Gasteiger partial charge in [-0.25, -0.2) is 0 Å². The molecule has 0 aromatic heterocycles. The van der Waals surface area contributed by atoms with Crippen molar-refractivity contribution in [2.24, 2.45) is 0 Å². The third-order valence-corrected chi connectivity index (χ3v) is 4.02. The first-order valence-electron chi connectivity index (χ1n) is 8.09. The first-order chi connectivity index (χ1) is 12.2. The Morgan fingerprint density at radius 1 is 1.20 bits per heavy atom. The van der Waals surface area contributed by atoms with Crippen molar-refractivity contribution in [1.29, 1.82) is 0 Å². The van der Waals surface area contributed by atoms with Crippen LogP contribution in [0.4, 0.5) is 5.69 Å². The summed E-state index contributed by atoms with van der Waals surface area (Å²) in [6.07, 6.45) is 0.232. The van der Waals surface area contributed by atoms with Crippen molar-refractivity contribution in [3.8, 4) is 11.5 Å². The molecule has 1 aliphatic heterocycles. The smallest absolute Gasteiger partial charge is 0.265 e. The Morgan fingerprint density at radius 2 is 1.96 bits per heavy atom. The van der Waals surface area contributed by atoms with Crippen LogP contribution in [0.25, 0.3) is 0 Å². The quantitative estimate of drug-likeness (QED) is 0.875. The Morgan fingerprint density at radius 3 is 2.72 bits per heavy atom. The highest BCUT2D eigenvalue weighted by Crippen LogP contribution is 2.31. The maximum absolute atomic E-state index is 12.1. The molecule has 1 N–H and O–H groups in total. The molecule has 0 unspecified atom stereocenters. The second-order valence-electron chi connectivity index (χ2n) is 5.68. The van der Waals surface area contributed by atoms with Crippen molar-refractivity contribution < 1.29 is 19.1 Å². The molecule has 3 rings (SSSR count). The van der Waals surface area contributed by atoms with Crippen molar-refractivity contribution in [2.45, 2.75) is 13.0 Å². The van der Waals surface area contributed by atoms with E-state index in [2.05, 4.69) is 5.32 Å². The molecule has 0 spiro atoms. The van der Waals surface area contributed by atoms with Gasteiger partial charge in [0.25, 0.3) is 5.91 Å². The van der Waals surface area contributed by atoms with Crippen molar-refractivity contribution in [3.63, 3.8) is 0 Å². The van der Waals surface area contributed by atoms with Gasteiger partial charge in [-0.2, -0.15) is 0 Å². The number of carbonyl (C=O) groups is 2. The number of ether oxygens (including phenoxy) is 2. The Labute approximate surface area is 146 Å². The van der Waals surface area contributed by atoms with E-state index < -0.39 is 0 Å². The lowest BCUT2D eigenvalue weighted by molar-refractivity contribution is -0.122. The zero-order valence-electron chi connectivity index (χ0n) is 14.0. The summed E-state index contributed by atoms with van der Waals surface area (Å²) in [5, 5.41) is 2.87. The number of fused-ring (bicyclic) bond motifs is 1. The minimum atomic E-state index is -0.137. The second-order valence-corrected chi connectivity index (χ2v) is 5.68. The summed E-state index contributed by atoms with van der Waals surface area (Å²) < 4.78 is 10.5. The number of methoxy groups -OCH3 is 1. The summed E-state index contributed by atoms with van der Waals surface area (Å²) in [7, 11) is 1.61. The fourth-order valence-electron chi connectivity index (χ4n) is 2.64. The fraction of sp³-hybridized carbons (Fsp3) is 0.263. The number of amides is 2. The number of nitrogens with zero attached hydrogens (tertiary/aromatic N) is 1. The monoisotopic (exact) mass is 340 g/mol. The molecule has 1 aliphatic rings. The lowest BCUT2D eigenvalue weighted by atomic mass is 10.2. The minimum absolute atomic E-state index is 0.00445. The molecule has 2 amide bonds. The van der Waals surface area contributed by atoms with Gasteiger partial charge < -0.3 is 19.7 Å². The summed E-state index contributed by atoms with van der Waals surface area (Å²) in [5.74, 6) is 1.20. The largest absolute Gasteiger partial charge is 0.497 e. The van der Waals surface area contributed by atoms with E-state index in [9.17, 15) is 9.59 Å². The van der Waals surface area contributed by atoms with Gasteiger partial charge in [-0.3, -0.25) is 9.59 Å². The van der Waals surface area contributed by atoms with Crippen molar-refractivity contribution in [2.75, 3.05) is 25.2 Å². The first kappa shape index (κ1) is 16.8. The Bertz CT molecular complexity index is 758. The lowest BCUT2D eigenvalue weighted by Crippen LogP contribution is -2.41. The number of nitrogens with one attached hydrogen (secondary N) is 1. The van der Waals surface area contributed by atoms with E-state index in [0.29, 0.717) is 24.5 Å². The molecule has 0 saturated carbocycles. The fourth-order valence-corrected chi connectivity index (χ4v) is 2.64. The van der Waals surface area contributed by atoms with Crippen LogP contribution in [-0.2, 0) is 16.1 Å². The van der Waals surface area contributed by atoms with Crippen LogP contribution in [-0.4, -0.2) is 32.1 Å². The van der Waals surface area contributed by atoms with Gasteiger partial charge in [-0.15, -0.1) is 0 Å². The van der Waals surface area contributed by atoms with Crippen LogP contribution >= 0.6 is 0 Å². The molecule has 0 fully saturated rings. The van der Waals surface area contributed by atoms with Gasteiger partial charge in [-0.1, -0.05) is 24.3 Å². The molecule has 6 nitrogen and oxygen atoms in total. The summed E-state index contributed by atoms with van der Waals surface area (Å²) in [6, 6.07) is 14.9. The number of hydrogen-bond acceptors (Lipinski definition) is 4. The van der Waals surface area contributed by atoms with Gasteiger partial charge in [0.05, 0.1) is 12.8 Å². The lowest BCUT2D eigenvalue weighted by Gasteiger charge is -2.29. The first-order valence-corrected chi connectivity index (χ1v) is 8.09. The average Bonchev–Trinajstić information content (AvgIpc) is 2.66. The normalized spacial score (nSPS) is 13.0. The van der Waals surface area contributed by atoms with Gasteiger partial charge in [0.2, 0.25) is 5.91 Å². The highest BCUT2D eigenvalue weighted by molar-refractivity contribution is 5.98.